The summed E-state index contributed by atoms with van der Waals surface area (Å²) in [5.41, 5.74) is -0.948. The summed E-state index contributed by atoms with van der Waals surface area (Å²) in [7, 11) is 3.72. The largest absolute Gasteiger partial charge is 0.459 e. The van der Waals surface area contributed by atoms with Crippen molar-refractivity contribution in [3.05, 3.63) is 65.7 Å². The Bertz CT molecular complexity index is 2040. The van der Waals surface area contributed by atoms with E-state index < -0.39 is 89.3 Å². The summed E-state index contributed by atoms with van der Waals surface area (Å²) in [6.45, 7) is 13.3. The van der Waals surface area contributed by atoms with Crippen LogP contribution in [0.4, 0.5) is 5.69 Å². The fourth-order valence-corrected chi connectivity index (χ4v) is 9.66. The van der Waals surface area contributed by atoms with Crippen molar-refractivity contribution in [1.82, 2.24) is 4.90 Å². The third kappa shape index (κ3) is 10.8. The van der Waals surface area contributed by atoms with Gasteiger partial charge in [0.25, 0.3) is 11.8 Å². The molecule has 1 unspecified atom stereocenters. The van der Waals surface area contributed by atoms with Gasteiger partial charge in [-0.05, 0) is 96.8 Å². The lowest BCUT2D eigenvalue weighted by Gasteiger charge is -2.47. The summed E-state index contributed by atoms with van der Waals surface area (Å²) in [4.78, 5) is 68.7. The highest BCUT2D eigenvalue weighted by Gasteiger charge is 2.53. The number of para-hydroxylation sites is 1. The molecule has 0 aromatic heterocycles. The Balaban J connectivity index is 1.43. The number of cyclic esters (lactones) is 1. The van der Waals surface area contributed by atoms with E-state index in [1.165, 1.54) is 13.8 Å². The van der Waals surface area contributed by atoms with Crippen LogP contribution in [0.2, 0.25) is 0 Å². The fourth-order valence-electron chi connectivity index (χ4n) is 9.66. The second-order valence-corrected chi connectivity index (χ2v) is 18.7. The van der Waals surface area contributed by atoms with E-state index in [0.29, 0.717) is 28.9 Å². The van der Waals surface area contributed by atoms with Gasteiger partial charge in [-0.2, -0.15) is 0 Å². The molecule has 14 atom stereocenters. The summed E-state index contributed by atoms with van der Waals surface area (Å²) in [6.07, 6.45) is -6.34. The Morgan fingerprint density at radius 3 is 2.31 bits per heavy atom. The molecule has 64 heavy (non-hydrogen) atoms. The van der Waals surface area contributed by atoms with E-state index in [1.54, 1.807) is 64.1 Å². The van der Waals surface area contributed by atoms with Crippen molar-refractivity contribution >= 4 is 40.7 Å². The number of Topliss-reactive ketones (excluding diaryl/α,β-unsaturated/α-hetero) is 1. The number of oxime groups is 1. The standard InChI is InChI=1S/C48H66N4O12/c1-11-37-48(8,58)42-28(4)38-26(2)23-47(7,41(29(5)39(53)30(6)45(57)62-37)63-46-40(54)35(52(9)10)21-27(3)61-46)60-25-34(24-59-42)51-64-36(44(56)50-38)22-31-17-19-32(20-18-31)43(55)49-33-15-13-12-14-16-33/h12-20,26-30,35-37,40-42,46,54,58H,11,21-25H2,1-10H3,(H,49,55)/b50-38?,51-34+/t26-,27-,28-,29+,30-,35+,36?,37-,40-,41-,42+,46+,47-,48-/m1/s1. The molecular weight excluding hydrogens is 825 g/mol. The molecule has 2 aromatic carbocycles. The van der Waals surface area contributed by atoms with Crippen LogP contribution in [-0.4, -0.2) is 138 Å². The number of nitrogens with zero attached hydrogens (tertiary/aromatic N) is 3. The van der Waals surface area contributed by atoms with Crippen LogP contribution < -0.4 is 5.32 Å². The van der Waals surface area contributed by atoms with Gasteiger partial charge in [0.15, 0.2) is 12.1 Å². The van der Waals surface area contributed by atoms with Crippen molar-refractivity contribution in [3.8, 4) is 0 Å². The molecule has 0 spiro atoms. The summed E-state index contributed by atoms with van der Waals surface area (Å²) < 4.78 is 32.5. The maximum atomic E-state index is 14.5. The number of rotatable bonds is 8. The number of amides is 2. The Hall–Kier alpha value is -4.42. The van der Waals surface area contributed by atoms with Crippen molar-refractivity contribution in [2.75, 3.05) is 32.6 Å². The molecule has 16 heteroatoms. The number of nitrogens with one attached hydrogen (secondary N) is 1. The number of benzene rings is 2. The summed E-state index contributed by atoms with van der Waals surface area (Å²) in [5.74, 6) is -5.93. The van der Waals surface area contributed by atoms with Crippen LogP contribution in [-0.2, 0) is 49.3 Å². The number of carbonyl (C=O) groups is 4. The third-order valence-corrected chi connectivity index (χ3v) is 13.3. The summed E-state index contributed by atoms with van der Waals surface area (Å²) >= 11 is 0. The molecule has 4 aliphatic rings. The predicted octanol–water partition coefficient (Wildman–Crippen LogP) is 4.78. The maximum absolute atomic E-state index is 14.5. The first-order chi connectivity index (χ1) is 30.2. The van der Waals surface area contributed by atoms with Crippen LogP contribution in [0, 0.1) is 23.7 Å². The van der Waals surface area contributed by atoms with Crippen LogP contribution in [0.3, 0.4) is 0 Å². The Labute approximate surface area is 376 Å². The molecule has 3 N–H and O–H groups in total. The van der Waals surface area contributed by atoms with Gasteiger partial charge in [-0.3, -0.25) is 19.2 Å². The van der Waals surface area contributed by atoms with E-state index in [4.69, 9.17) is 33.5 Å². The molecule has 0 radical (unpaired) electrons. The Kier molecular flexibility index (Phi) is 15.6. The lowest BCUT2D eigenvalue weighted by Crippen LogP contribution is -2.60. The van der Waals surface area contributed by atoms with Gasteiger partial charge in [0.1, 0.15) is 29.4 Å². The number of aliphatic hydroxyl groups excluding tert-OH is 1. The number of carbonyl (C=O) groups excluding carboxylic acids is 4. The zero-order valence-corrected chi connectivity index (χ0v) is 38.7. The number of fused-ring (bicyclic) bond motifs is 4. The second-order valence-electron chi connectivity index (χ2n) is 18.7. The van der Waals surface area contributed by atoms with E-state index in [-0.39, 0.29) is 56.2 Å². The number of hydrogen-bond donors (Lipinski definition) is 3. The second kappa shape index (κ2) is 20.4. The Morgan fingerprint density at radius 2 is 1.66 bits per heavy atom. The van der Waals surface area contributed by atoms with Gasteiger partial charge in [-0.1, -0.05) is 63.2 Å². The molecular formula is C48H66N4O12. The van der Waals surface area contributed by atoms with Crippen molar-refractivity contribution in [2.24, 2.45) is 33.8 Å². The predicted molar refractivity (Wildman–Crippen MR) is 238 cm³/mol. The van der Waals surface area contributed by atoms with Gasteiger partial charge in [0.2, 0.25) is 6.10 Å². The molecule has 0 saturated carbocycles. The molecule has 16 nitrogen and oxygen atoms in total. The van der Waals surface area contributed by atoms with Crippen LogP contribution in [0.1, 0.15) is 90.6 Å². The van der Waals surface area contributed by atoms with Crippen molar-refractivity contribution in [1.29, 1.82) is 0 Å². The normalized spacial score (nSPS) is 37.5. The Morgan fingerprint density at radius 1 is 0.969 bits per heavy atom. The number of ketones is 1. The van der Waals surface area contributed by atoms with Gasteiger partial charge in [0.05, 0.1) is 37.1 Å². The number of anilines is 1. The van der Waals surface area contributed by atoms with Crippen molar-refractivity contribution in [2.45, 2.75) is 141 Å². The molecule has 4 bridgehead atoms. The highest BCUT2D eigenvalue weighted by molar-refractivity contribution is 6.04. The van der Waals surface area contributed by atoms with Crippen LogP contribution >= 0.6 is 0 Å². The van der Waals surface area contributed by atoms with Gasteiger partial charge >= 0.3 is 5.97 Å². The summed E-state index contributed by atoms with van der Waals surface area (Å²) in [5, 5.41) is 31.5. The zero-order chi connectivity index (χ0) is 46.7. The van der Waals surface area contributed by atoms with E-state index in [0.717, 1.165) is 0 Å². The third-order valence-electron chi connectivity index (χ3n) is 13.3. The van der Waals surface area contributed by atoms with Crippen LogP contribution in [0.15, 0.2) is 64.7 Å². The quantitative estimate of drug-likeness (QED) is 0.242. The first kappa shape index (κ1) is 49.0. The molecule has 4 aliphatic heterocycles. The smallest absolute Gasteiger partial charge is 0.316 e. The molecule has 3 saturated heterocycles. The average molecular weight is 891 g/mol. The van der Waals surface area contributed by atoms with Crippen molar-refractivity contribution < 1.29 is 57.9 Å². The van der Waals surface area contributed by atoms with E-state index >= 15 is 0 Å². The first-order valence-corrected chi connectivity index (χ1v) is 22.4. The fraction of sp³-hybridized carbons (Fsp3) is 0.625. The molecule has 3 fully saturated rings. The number of ether oxygens (including phenoxy) is 5. The van der Waals surface area contributed by atoms with Crippen molar-refractivity contribution in [3.63, 3.8) is 0 Å². The van der Waals surface area contributed by atoms with Gasteiger partial charge in [-0.25, -0.2) is 4.99 Å². The molecule has 6 rings (SSSR count). The van der Waals surface area contributed by atoms with Gasteiger partial charge in [0, 0.05) is 41.3 Å². The number of esters is 1. The highest BCUT2D eigenvalue weighted by atomic mass is 16.7. The monoisotopic (exact) mass is 890 g/mol. The number of likely N-dealkylation sites (N-methyl/N-ethyl adjacent to an activating group) is 1. The summed E-state index contributed by atoms with van der Waals surface area (Å²) in [6, 6.07) is 15.6. The molecule has 350 valence electrons. The highest BCUT2D eigenvalue weighted by Crippen LogP contribution is 2.40. The molecule has 2 amide bonds. The van der Waals surface area contributed by atoms with E-state index in [1.807, 2.05) is 51.0 Å². The minimum Gasteiger partial charge on any atom is -0.459 e. The zero-order valence-electron chi connectivity index (χ0n) is 38.7. The van der Waals surface area contributed by atoms with Gasteiger partial charge in [-0.15, -0.1) is 0 Å². The lowest BCUT2D eigenvalue weighted by atomic mass is 9.73. The molecule has 2 aromatic rings. The van der Waals surface area contributed by atoms with E-state index in [2.05, 4.69) is 10.5 Å². The lowest BCUT2D eigenvalue weighted by molar-refractivity contribution is -0.296. The minimum absolute atomic E-state index is 0.0496. The number of aliphatic imine (C=N–C) groups is 1. The topological polar surface area (TPSA) is 204 Å². The van der Waals surface area contributed by atoms with Crippen LogP contribution in [0.25, 0.3) is 0 Å². The number of hydrogen-bond acceptors (Lipinski definition) is 14. The minimum atomic E-state index is -1.86. The van der Waals surface area contributed by atoms with E-state index in [9.17, 15) is 29.4 Å². The maximum Gasteiger partial charge on any atom is 0.316 e. The SMILES string of the molecule is CC[C@H]1OC(=O)[C@H](C)C(=O)[C@H](C)[C@@H](O[C@@H]2O[C@H](C)C[C@H](N(C)C)[C@H]2O)[C@@]2(C)C[C@@H](C)C3=NC(=O)C(Cc4ccc(C(=O)Nc5ccccc5)cc4)O/N=C(\CO[C@@H]([C@@H]3C)[C@]1(C)O)CO2. The first-order valence-electron chi connectivity index (χ1n) is 22.4. The average Bonchev–Trinajstić information content (AvgIpc) is 3.29. The number of aliphatic hydroxyl groups is 2. The van der Waals surface area contributed by atoms with Crippen LogP contribution in [0.5, 0.6) is 0 Å². The van der Waals surface area contributed by atoms with Gasteiger partial charge < -0.3 is 49.0 Å². The molecule has 0 aliphatic carbocycles. The molecule has 4 heterocycles.